The highest BCUT2D eigenvalue weighted by atomic mass is 127. The van der Waals surface area contributed by atoms with Crippen LogP contribution in [0, 0.1) is 5.92 Å². The number of amides is 1. The Morgan fingerprint density at radius 3 is 2.12 bits per heavy atom. The topological polar surface area (TPSA) is 66.0 Å². The molecule has 2 saturated heterocycles. The second kappa shape index (κ2) is 10.1. The van der Waals surface area contributed by atoms with E-state index in [0.717, 1.165) is 11.1 Å². The Labute approximate surface area is 214 Å². The van der Waals surface area contributed by atoms with Gasteiger partial charge in [0.25, 0.3) is 0 Å². The SMILES string of the molecule is C=CC[C@@H]1[C@H](I)[C@@H]2O[C@@H]3O[C@H]2[C@@H](OCc2ccccc2)[C@@]1(NC(C)=O)[C@@H]3OCc1ccccc1. The normalized spacial score (nSPS) is 35.8. The van der Waals surface area contributed by atoms with Crippen LogP contribution in [0.5, 0.6) is 0 Å². The Bertz CT molecular complexity index is 957. The lowest BCUT2D eigenvalue weighted by Gasteiger charge is -2.58. The lowest BCUT2D eigenvalue weighted by Crippen LogP contribution is -2.79. The van der Waals surface area contributed by atoms with Crippen molar-refractivity contribution in [2.75, 3.05) is 0 Å². The predicted octanol–water partition coefficient (Wildman–Crippen LogP) is 4.17. The Kier molecular flexibility index (Phi) is 7.09. The van der Waals surface area contributed by atoms with Gasteiger partial charge in [-0.15, -0.1) is 6.58 Å². The molecule has 1 aliphatic carbocycles. The van der Waals surface area contributed by atoms with E-state index in [1.165, 1.54) is 0 Å². The van der Waals surface area contributed by atoms with Gasteiger partial charge >= 0.3 is 0 Å². The molecular formula is C27H30INO5. The molecule has 3 bridgehead atoms. The molecule has 1 saturated carbocycles. The van der Waals surface area contributed by atoms with Gasteiger partial charge in [0.15, 0.2) is 6.29 Å². The third-order valence-corrected chi connectivity index (χ3v) is 8.64. The highest BCUT2D eigenvalue weighted by Crippen LogP contribution is 2.55. The summed E-state index contributed by atoms with van der Waals surface area (Å²) >= 11 is 2.44. The Morgan fingerprint density at radius 2 is 1.56 bits per heavy atom. The first-order valence-corrected chi connectivity index (χ1v) is 12.9. The summed E-state index contributed by atoms with van der Waals surface area (Å²) in [6, 6.07) is 20.0. The van der Waals surface area contributed by atoms with Gasteiger partial charge in [-0.3, -0.25) is 4.79 Å². The van der Waals surface area contributed by atoms with Crippen LogP contribution in [-0.4, -0.2) is 46.1 Å². The molecular weight excluding hydrogens is 545 g/mol. The molecule has 0 spiro atoms. The summed E-state index contributed by atoms with van der Waals surface area (Å²) in [6.07, 6.45) is 0.623. The highest BCUT2D eigenvalue weighted by molar-refractivity contribution is 14.1. The first-order valence-electron chi connectivity index (χ1n) is 11.7. The minimum absolute atomic E-state index is 0.00574. The maximum absolute atomic E-state index is 12.7. The molecule has 0 aromatic heterocycles. The molecule has 180 valence electrons. The summed E-state index contributed by atoms with van der Waals surface area (Å²) in [6.45, 7) is 6.35. The van der Waals surface area contributed by atoms with Crippen molar-refractivity contribution in [3.05, 3.63) is 84.4 Å². The Hall–Kier alpha value is -1.78. The molecule has 34 heavy (non-hydrogen) atoms. The van der Waals surface area contributed by atoms with Crippen LogP contribution in [0.15, 0.2) is 73.3 Å². The molecule has 6 nitrogen and oxygen atoms in total. The van der Waals surface area contributed by atoms with E-state index in [9.17, 15) is 4.79 Å². The van der Waals surface area contributed by atoms with E-state index in [0.29, 0.717) is 19.6 Å². The second-order valence-electron chi connectivity index (χ2n) is 9.19. The average molecular weight is 575 g/mol. The quantitative estimate of drug-likeness (QED) is 0.277. The van der Waals surface area contributed by atoms with Crippen LogP contribution >= 0.6 is 22.6 Å². The number of benzene rings is 2. The van der Waals surface area contributed by atoms with Crippen LogP contribution in [0.25, 0.3) is 0 Å². The van der Waals surface area contributed by atoms with Gasteiger partial charge in [0.05, 0.1) is 13.2 Å². The van der Waals surface area contributed by atoms with Gasteiger partial charge in [-0.25, -0.2) is 0 Å². The van der Waals surface area contributed by atoms with Gasteiger partial charge < -0.3 is 24.3 Å². The molecule has 0 radical (unpaired) electrons. The van der Waals surface area contributed by atoms with Crippen molar-refractivity contribution in [1.82, 2.24) is 5.32 Å². The van der Waals surface area contributed by atoms with E-state index in [-0.39, 0.29) is 28.0 Å². The van der Waals surface area contributed by atoms with E-state index in [1.807, 2.05) is 66.7 Å². The fraction of sp³-hybridized carbons (Fsp3) is 0.444. The fourth-order valence-electron chi connectivity index (χ4n) is 5.73. The maximum Gasteiger partial charge on any atom is 0.217 e. The van der Waals surface area contributed by atoms with E-state index >= 15 is 0 Å². The number of carbonyl (C=O) groups is 1. The number of ether oxygens (including phenoxy) is 4. The van der Waals surface area contributed by atoms with Gasteiger partial charge in [-0.05, 0) is 17.5 Å². The molecule has 2 aromatic rings. The number of halogens is 1. The predicted molar refractivity (Wildman–Crippen MR) is 136 cm³/mol. The van der Waals surface area contributed by atoms with Crippen LogP contribution in [0.2, 0.25) is 0 Å². The Balaban J connectivity index is 1.54. The van der Waals surface area contributed by atoms with Crippen molar-refractivity contribution in [1.29, 1.82) is 0 Å². The van der Waals surface area contributed by atoms with Gasteiger partial charge in [-0.1, -0.05) is 89.3 Å². The molecule has 2 heterocycles. The first kappa shape index (κ1) is 23.9. The summed E-state index contributed by atoms with van der Waals surface area (Å²) in [7, 11) is 0. The monoisotopic (exact) mass is 575 g/mol. The standard InChI is InChI=1S/C27H30INO5/c1-3-10-20-21(28)22-23-24(31-15-18-11-6-4-7-12-18)27(20,29-17(2)30)25(26(33-22)34-23)32-16-19-13-8-5-9-14-19/h3-9,11-14,20-26H,1,10,15-16H2,2H3,(H,29,30)/t20-,21+,22+,23-,24-,25-,26-,27-/m1/s1. The molecule has 2 aliphatic heterocycles. The number of hydrogen-bond donors (Lipinski definition) is 1. The first-order chi connectivity index (χ1) is 16.5. The van der Waals surface area contributed by atoms with Crippen molar-refractivity contribution in [2.45, 2.75) is 66.7 Å². The number of nitrogens with one attached hydrogen (secondary N) is 1. The third-order valence-electron chi connectivity index (χ3n) is 7.06. The molecule has 1 amide bonds. The molecule has 3 aliphatic rings. The molecule has 1 N–H and O–H groups in total. The molecule has 8 atom stereocenters. The zero-order chi connectivity index (χ0) is 23.7. The van der Waals surface area contributed by atoms with Crippen molar-refractivity contribution < 1.29 is 23.7 Å². The van der Waals surface area contributed by atoms with Crippen molar-refractivity contribution in [3.63, 3.8) is 0 Å². The lowest BCUT2D eigenvalue weighted by molar-refractivity contribution is -0.263. The van der Waals surface area contributed by atoms with Gasteiger partial charge in [0.2, 0.25) is 5.91 Å². The smallest absolute Gasteiger partial charge is 0.217 e. The van der Waals surface area contributed by atoms with E-state index in [1.54, 1.807) is 6.92 Å². The fourth-order valence-corrected chi connectivity index (χ4v) is 7.19. The van der Waals surface area contributed by atoms with E-state index < -0.39 is 24.0 Å². The minimum Gasteiger partial charge on any atom is -0.368 e. The van der Waals surface area contributed by atoms with Gasteiger partial charge in [0, 0.05) is 16.8 Å². The minimum atomic E-state index is -0.823. The van der Waals surface area contributed by atoms with Crippen LogP contribution < -0.4 is 5.32 Å². The number of hydrogen-bond acceptors (Lipinski definition) is 5. The maximum atomic E-state index is 12.7. The summed E-state index contributed by atoms with van der Waals surface area (Å²) in [5, 5.41) is 3.32. The number of fused-ring (bicyclic) bond motifs is 2. The molecule has 7 heteroatoms. The van der Waals surface area contributed by atoms with Crippen molar-refractivity contribution in [3.8, 4) is 0 Å². The average Bonchev–Trinajstić information content (AvgIpc) is 3.20. The molecule has 2 aromatic carbocycles. The summed E-state index contributed by atoms with van der Waals surface area (Å²) in [5.41, 5.74) is 1.28. The molecule has 5 rings (SSSR count). The number of alkyl halides is 1. The second-order valence-corrected chi connectivity index (χ2v) is 10.6. The summed E-state index contributed by atoms with van der Waals surface area (Å²) in [5.74, 6) is -0.120. The number of carbonyl (C=O) groups excluding carboxylic acids is 1. The van der Waals surface area contributed by atoms with Crippen molar-refractivity contribution in [2.24, 2.45) is 5.92 Å². The van der Waals surface area contributed by atoms with E-state index in [2.05, 4.69) is 34.5 Å². The van der Waals surface area contributed by atoms with Crippen LogP contribution in [0.4, 0.5) is 0 Å². The number of rotatable bonds is 9. The molecule has 3 fully saturated rings. The summed E-state index contributed by atoms with van der Waals surface area (Å²) < 4.78 is 26.1. The molecule has 0 unspecified atom stereocenters. The highest BCUT2D eigenvalue weighted by Gasteiger charge is 2.73. The van der Waals surface area contributed by atoms with Gasteiger partial charge in [0.1, 0.15) is 30.0 Å². The zero-order valence-corrected chi connectivity index (χ0v) is 21.3. The van der Waals surface area contributed by atoms with Crippen molar-refractivity contribution >= 4 is 28.5 Å². The number of allylic oxidation sites excluding steroid dienone is 1. The Morgan fingerprint density at radius 1 is 1.00 bits per heavy atom. The lowest BCUT2D eigenvalue weighted by atomic mass is 9.63. The van der Waals surface area contributed by atoms with Gasteiger partial charge in [-0.2, -0.15) is 0 Å². The van der Waals surface area contributed by atoms with E-state index in [4.69, 9.17) is 18.9 Å². The van der Waals surface area contributed by atoms with Crippen LogP contribution in [0.1, 0.15) is 24.5 Å². The zero-order valence-electron chi connectivity index (χ0n) is 19.1. The van der Waals surface area contributed by atoms with Crippen LogP contribution in [0.3, 0.4) is 0 Å². The largest absolute Gasteiger partial charge is 0.368 e. The third kappa shape index (κ3) is 4.22. The van der Waals surface area contributed by atoms with Crippen LogP contribution in [-0.2, 0) is 37.0 Å². The summed E-state index contributed by atoms with van der Waals surface area (Å²) in [4.78, 5) is 12.7.